The van der Waals surface area contributed by atoms with Gasteiger partial charge in [0.25, 0.3) is 0 Å². The predicted octanol–water partition coefficient (Wildman–Crippen LogP) is -5.72. The standard InChI is InChI=1S/C14H17N3O8/c15-8-16-11-5(20)10-2(4(19)13(10,11)17-8)3-9(22,1-18)7-12(3,10)25-14(23,24-7)6(11)21/h2-7,18-23H,1H2,(H3,15,16,17)/t2-,3?,4?,5-,6-,7?,9?,10+,11-,12+,13-,14?/m0/s1. The van der Waals surface area contributed by atoms with Crippen molar-refractivity contribution in [2.24, 2.45) is 28.0 Å². The highest BCUT2D eigenvalue weighted by Gasteiger charge is 3.15. The molecule has 7 fully saturated rings. The van der Waals surface area contributed by atoms with Crippen LogP contribution in [0.2, 0.25) is 0 Å². The zero-order chi connectivity index (χ0) is 17.6. The normalized spacial score (nSPS) is 77.9. The Morgan fingerprint density at radius 3 is 2.60 bits per heavy atom. The van der Waals surface area contributed by atoms with Crippen molar-refractivity contribution < 1.29 is 40.1 Å². The number of aliphatic hydroxyl groups is 6. The van der Waals surface area contributed by atoms with Crippen LogP contribution < -0.4 is 11.1 Å². The number of hydrogen-bond acceptors (Lipinski definition) is 11. The number of ether oxygens (including phenoxy) is 2. The second-order valence-electron chi connectivity index (χ2n) is 8.55. The Hall–Kier alpha value is -1.05. The second-order valence-corrected chi connectivity index (χ2v) is 8.55. The summed E-state index contributed by atoms with van der Waals surface area (Å²) in [7, 11) is 0. The molecule has 4 spiro atoms. The minimum absolute atomic E-state index is 0.0643. The third kappa shape index (κ3) is 0.724. The SMILES string of the molecule is NC1=N[C@@]23C(O)[C@@H]4C5C(O)(CO)C6OC7(O)O[C@@]65[C@]42[C@H](O)[C@]3(N1)[C@@H]7O. The van der Waals surface area contributed by atoms with Gasteiger partial charge in [0.05, 0.1) is 24.2 Å². The minimum Gasteiger partial charge on any atom is -0.393 e. The second kappa shape index (κ2) is 2.98. The zero-order valence-corrected chi connectivity index (χ0v) is 12.7. The van der Waals surface area contributed by atoms with E-state index in [0.29, 0.717) is 0 Å². The van der Waals surface area contributed by atoms with Crippen LogP contribution in [0.1, 0.15) is 0 Å². The van der Waals surface area contributed by atoms with Crippen molar-refractivity contribution in [2.75, 3.05) is 6.61 Å². The molecular formula is C14H17N3O8. The monoisotopic (exact) mass is 355 g/mol. The number of fused-ring (bicyclic) bond motifs is 1. The van der Waals surface area contributed by atoms with Crippen LogP contribution in [0.5, 0.6) is 0 Å². The van der Waals surface area contributed by atoms with Gasteiger partial charge in [0.1, 0.15) is 28.4 Å². The maximum Gasteiger partial charge on any atom is 0.311 e. The van der Waals surface area contributed by atoms with Gasteiger partial charge in [0.15, 0.2) is 12.1 Å². The van der Waals surface area contributed by atoms with Crippen LogP contribution in [0.4, 0.5) is 0 Å². The van der Waals surface area contributed by atoms with Gasteiger partial charge >= 0.3 is 5.97 Å². The Kier molecular flexibility index (Phi) is 1.67. The van der Waals surface area contributed by atoms with Crippen LogP contribution in [0.3, 0.4) is 0 Å². The van der Waals surface area contributed by atoms with Crippen molar-refractivity contribution in [1.29, 1.82) is 0 Å². The fraction of sp³-hybridized carbons (Fsp3) is 0.929. The Morgan fingerprint density at radius 2 is 1.92 bits per heavy atom. The predicted molar refractivity (Wildman–Crippen MR) is 73.3 cm³/mol. The summed E-state index contributed by atoms with van der Waals surface area (Å²) >= 11 is 0. The van der Waals surface area contributed by atoms with E-state index in [0.717, 1.165) is 0 Å². The molecule has 4 aliphatic carbocycles. The summed E-state index contributed by atoms with van der Waals surface area (Å²) in [5, 5.41) is 67.1. The lowest BCUT2D eigenvalue weighted by atomic mass is 9.10. The molecule has 136 valence electrons. The lowest BCUT2D eigenvalue weighted by Gasteiger charge is -2.95. The van der Waals surface area contributed by atoms with Gasteiger partial charge in [-0.3, -0.25) is 0 Å². The molecule has 12 atom stereocenters. The molecule has 11 nitrogen and oxygen atoms in total. The summed E-state index contributed by atoms with van der Waals surface area (Å²) in [6.45, 7) is -0.670. The molecule has 8 rings (SSSR count). The number of rotatable bonds is 1. The highest BCUT2D eigenvalue weighted by atomic mass is 16.9. The number of nitrogens with one attached hydrogen (secondary N) is 1. The quantitative estimate of drug-likeness (QED) is 0.225. The highest BCUT2D eigenvalue weighted by molar-refractivity contribution is 5.87. The molecular weight excluding hydrogens is 338 g/mol. The van der Waals surface area contributed by atoms with Gasteiger partial charge in [-0.1, -0.05) is 0 Å². The molecule has 0 radical (unpaired) electrons. The van der Waals surface area contributed by atoms with Crippen LogP contribution in [0.25, 0.3) is 0 Å². The van der Waals surface area contributed by atoms with Gasteiger partial charge in [-0.15, -0.1) is 0 Å². The van der Waals surface area contributed by atoms with Crippen LogP contribution in [-0.4, -0.2) is 95.9 Å². The van der Waals surface area contributed by atoms with E-state index in [1.54, 1.807) is 0 Å². The summed E-state index contributed by atoms with van der Waals surface area (Å²) in [5.74, 6) is -3.99. The van der Waals surface area contributed by atoms with Crippen LogP contribution in [0.15, 0.2) is 4.99 Å². The summed E-state index contributed by atoms with van der Waals surface area (Å²) in [4.78, 5) is 4.34. The first-order valence-corrected chi connectivity index (χ1v) is 8.28. The first-order valence-electron chi connectivity index (χ1n) is 8.28. The molecule has 0 aromatic heterocycles. The molecule has 5 unspecified atom stereocenters. The molecule has 0 amide bonds. The lowest BCUT2D eigenvalue weighted by Crippen LogP contribution is -3.15. The van der Waals surface area contributed by atoms with E-state index in [4.69, 9.17) is 15.2 Å². The average molecular weight is 355 g/mol. The number of aliphatic hydroxyl groups excluding tert-OH is 4. The van der Waals surface area contributed by atoms with Crippen LogP contribution in [0, 0.1) is 17.3 Å². The number of nitrogens with two attached hydrogens (primary N) is 1. The van der Waals surface area contributed by atoms with Crippen molar-refractivity contribution in [3.8, 4) is 0 Å². The topological polar surface area (TPSA) is 190 Å². The van der Waals surface area contributed by atoms with Gasteiger partial charge < -0.3 is 51.2 Å². The van der Waals surface area contributed by atoms with Gasteiger partial charge in [0.2, 0.25) is 0 Å². The number of hydrogen-bond donors (Lipinski definition) is 8. The van der Waals surface area contributed by atoms with Crippen molar-refractivity contribution >= 4 is 5.96 Å². The van der Waals surface area contributed by atoms with E-state index in [9.17, 15) is 30.6 Å². The van der Waals surface area contributed by atoms with Gasteiger partial charge in [-0.2, -0.15) is 0 Å². The molecule has 0 aromatic rings. The molecule has 25 heavy (non-hydrogen) atoms. The van der Waals surface area contributed by atoms with E-state index >= 15 is 0 Å². The van der Waals surface area contributed by atoms with Gasteiger partial charge in [-0.05, 0) is 0 Å². The molecule has 4 aliphatic heterocycles. The summed E-state index contributed by atoms with van der Waals surface area (Å²) in [6, 6.07) is 0. The van der Waals surface area contributed by atoms with Crippen molar-refractivity contribution in [2.45, 2.75) is 52.7 Å². The molecule has 4 heterocycles. The maximum atomic E-state index is 11.1. The Balaban J connectivity index is 1.57. The molecule has 3 saturated heterocycles. The van der Waals surface area contributed by atoms with Crippen molar-refractivity contribution in [3.05, 3.63) is 0 Å². The van der Waals surface area contributed by atoms with Crippen molar-refractivity contribution in [1.82, 2.24) is 5.32 Å². The van der Waals surface area contributed by atoms with E-state index in [1.165, 1.54) is 0 Å². The zero-order valence-electron chi connectivity index (χ0n) is 12.7. The number of aliphatic imine (C=N–C) groups is 1. The first kappa shape index (κ1) is 14.1. The fourth-order valence-electron chi connectivity index (χ4n) is 8.21. The lowest BCUT2D eigenvalue weighted by molar-refractivity contribution is -0.544. The van der Waals surface area contributed by atoms with Gasteiger partial charge in [0, 0.05) is 11.8 Å². The smallest absolute Gasteiger partial charge is 0.311 e. The molecule has 11 heteroatoms. The first-order chi connectivity index (χ1) is 11.7. The van der Waals surface area contributed by atoms with Crippen molar-refractivity contribution in [3.63, 3.8) is 0 Å². The number of guanidine groups is 1. The fourth-order valence-corrected chi connectivity index (χ4v) is 8.21. The van der Waals surface area contributed by atoms with E-state index in [-0.39, 0.29) is 5.96 Å². The third-order valence-electron chi connectivity index (χ3n) is 8.53. The van der Waals surface area contributed by atoms with Gasteiger partial charge in [-0.25, -0.2) is 4.99 Å². The van der Waals surface area contributed by atoms with E-state index in [2.05, 4.69) is 10.3 Å². The Morgan fingerprint density at radius 1 is 1.20 bits per heavy atom. The van der Waals surface area contributed by atoms with E-state index in [1.807, 2.05) is 0 Å². The molecule has 4 bridgehead atoms. The summed E-state index contributed by atoms with van der Waals surface area (Å²) < 4.78 is 11.3. The maximum absolute atomic E-state index is 11.1. The molecule has 9 N–H and O–H groups in total. The largest absolute Gasteiger partial charge is 0.393 e. The Labute approximate surface area is 139 Å². The minimum atomic E-state index is -2.53. The average Bonchev–Trinajstić information content (AvgIpc) is 3.02. The number of nitrogens with zero attached hydrogens (tertiary/aromatic N) is 1. The summed E-state index contributed by atoms with van der Waals surface area (Å²) in [6.07, 6.45) is -5.39. The molecule has 8 aliphatic rings. The summed E-state index contributed by atoms with van der Waals surface area (Å²) in [5.41, 5.74) is -1.49. The Bertz CT molecular complexity index is 816. The van der Waals surface area contributed by atoms with Crippen LogP contribution >= 0.6 is 0 Å². The third-order valence-corrected chi connectivity index (χ3v) is 8.53. The van der Waals surface area contributed by atoms with Crippen LogP contribution in [-0.2, 0) is 9.47 Å². The van der Waals surface area contributed by atoms with E-state index < -0.39 is 76.5 Å². The molecule has 0 aromatic carbocycles. The highest BCUT2D eigenvalue weighted by Crippen LogP contribution is 2.96. The molecule has 4 saturated carbocycles.